The number of nitrogens with zero attached hydrogens (tertiary/aromatic N) is 3. The Hall–Kier alpha value is -2.68. The van der Waals surface area contributed by atoms with Crippen LogP contribution in [0.4, 0.5) is 10.6 Å². The lowest BCUT2D eigenvalue weighted by Crippen LogP contribution is -2.50. The van der Waals surface area contributed by atoms with Gasteiger partial charge in [-0.1, -0.05) is 12.1 Å². The minimum Gasteiger partial charge on any atom is -0.352 e. The van der Waals surface area contributed by atoms with Crippen molar-refractivity contribution >= 4 is 45.3 Å². The van der Waals surface area contributed by atoms with Gasteiger partial charge in [0.1, 0.15) is 11.4 Å². The number of nitrogens with one attached hydrogen (secondary N) is 2. The Morgan fingerprint density at radius 3 is 2.67 bits per heavy atom. The van der Waals surface area contributed by atoms with Gasteiger partial charge in [0.05, 0.1) is 4.70 Å². The lowest BCUT2D eigenvalue weighted by atomic mass is 9.96. The van der Waals surface area contributed by atoms with Gasteiger partial charge in [0.2, 0.25) is 5.91 Å². The number of carbonyl (C=O) groups excluding carboxylic acids is 3. The van der Waals surface area contributed by atoms with Crippen molar-refractivity contribution in [3.8, 4) is 0 Å². The summed E-state index contributed by atoms with van der Waals surface area (Å²) < 4.78 is 5.74. The molecular formula is C18H21N5O3S. The van der Waals surface area contributed by atoms with Crippen molar-refractivity contribution in [2.75, 3.05) is 31.1 Å². The summed E-state index contributed by atoms with van der Waals surface area (Å²) in [6.07, 6.45) is 0.518. The number of anilines is 1. The summed E-state index contributed by atoms with van der Waals surface area (Å²) in [4.78, 5) is 39.7. The average molecular weight is 387 g/mol. The van der Waals surface area contributed by atoms with Crippen LogP contribution in [0.3, 0.4) is 0 Å². The lowest BCUT2D eigenvalue weighted by molar-refractivity contribution is -0.132. The first-order valence-electron chi connectivity index (χ1n) is 8.97. The van der Waals surface area contributed by atoms with E-state index >= 15 is 0 Å². The molecule has 1 atom stereocenters. The van der Waals surface area contributed by atoms with Crippen molar-refractivity contribution < 1.29 is 14.4 Å². The molecule has 2 saturated heterocycles. The SMILES string of the molecule is C[C@@]1(CCC(=O)N2CCN(c3nsc4ccccc34)CC2)NC(=O)NC1=O. The van der Waals surface area contributed by atoms with E-state index in [0.29, 0.717) is 19.5 Å². The number of piperazine rings is 1. The number of benzene rings is 1. The number of aromatic nitrogens is 1. The molecule has 1 aromatic carbocycles. The molecule has 8 nitrogen and oxygen atoms in total. The third kappa shape index (κ3) is 3.34. The smallest absolute Gasteiger partial charge is 0.322 e. The van der Waals surface area contributed by atoms with Crippen molar-refractivity contribution in [1.29, 1.82) is 0 Å². The molecule has 2 aromatic rings. The topological polar surface area (TPSA) is 94.6 Å². The number of imide groups is 1. The number of fused-ring (bicyclic) bond motifs is 1. The number of rotatable bonds is 4. The number of carbonyl (C=O) groups is 3. The van der Waals surface area contributed by atoms with Gasteiger partial charge in [0, 0.05) is 38.0 Å². The summed E-state index contributed by atoms with van der Waals surface area (Å²) in [5.74, 6) is 0.619. The average Bonchev–Trinajstić information content (AvgIpc) is 3.20. The Labute approximate surface area is 160 Å². The van der Waals surface area contributed by atoms with Crippen LogP contribution >= 0.6 is 11.5 Å². The van der Waals surface area contributed by atoms with Crippen molar-refractivity contribution in [3.63, 3.8) is 0 Å². The van der Waals surface area contributed by atoms with Gasteiger partial charge in [0.25, 0.3) is 5.91 Å². The molecule has 0 saturated carbocycles. The summed E-state index contributed by atoms with van der Waals surface area (Å²) in [5, 5.41) is 5.97. The molecule has 2 N–H and O–H groups in total. The van der Waals surface area contributed by atoms with Crippen LogP contribution in [0.25, 0.3) is 10.1 Å². The van der Waals surface area contributed by atoms with Crippen LogP contribution in [0.1, 0.15) is 19.8 Å². The fourth-order valence-corrected chi connectivity index (χ4v) is 4.33. The predicted molar refractivity (Wildman–Crippen MR) is 103 cm³/mol. The quantitative estimate of drug-likeness (QED) is 0.772. The van der Waals surface area contributed by atoms with E-state index in [9.17, 15) is 14.4 Å². The van der Waals surface area contributed by atoms with E-state index in [4.69, 9.17) is 0 Å². The van der Waals surface area contributed by atoms with Gasteiger partial charge < -0.3 is 15.1 Å². The van der Waals surface area contributed by atoms with Crippen LogP contribution < -0.4 is 15.5 Å². The zero-order valence-electron chi connectivity index (χ0n) is 15.0. The van der Waals surface area contributed by atoms with Crippen LogP contribution in [0, 0.1) is 0 Å². The van der Waals surface area contributed by atoms with Gasteiger partial charge in [-0.2, -0.15) is 4.37 Å². The summed E-state index contributed by atoms with van der Waals surface area (Å²) >= 11 is 1.49. The standard InChI is InChI=1S/C18H21N5O3S/c1-18(16(25)19-17(26)20-18)7-6-14(24)22-8-10-23(11-9-22)15-12-4-2-3-5-13(12)27-21-15/h2-5H,6-11H2,1H3,(H2,19,20,25,26)/t18-/m0/s1. The number of urea groups is 1. The van der Waals surface area contributed by atoms with E-state index in [1.807, 2.05) is 17.0 Å². The second kappa shape index (κ2) is 6.80. The van der Waals surface area contributed by atoms with Crippen LogP contribution in [-0.2, 0) is 9.59 Å². The predicted octanol–water partition coefficient (Wildman–Crippen LogP) is 1.32. The summed E-state index contributed by atoms with van der Waals surface area (Å²) in [6, 6.07) is 7.66. The molecule has 0 radical (unpaired) electrons. The maximum absolute atomic E-state index is 12.5. The van der Waals surface area contributed by atoms with Crippen LogP contribution in [0.5, 0.6) is 0 Å². The van der Waals surface area contributed by atoms with Gasteiger partial charge in [-0.3, -0.25) is 14.9 Å². The van der Waals surface area contributed by atoms with Crippen molar-refractivity contribution in [2.24, 2.45) is 0 Å². The first-order valence-corrected chi connectivity index (χ1v) is 9.74. The lowest BCUT2D eigenvalue weighted by Gasteiger charge is -2.35. The molecule has 27 heavy (non-hydrogen) atoms. The normalized spacial score (nSPS) is 22.9. The highest BCUT2D eigenvalue weighted by molar-refractivity contribution is 7.13. The largest absolute Gasteiger partial charge is 0.352 e. The van der Waals surface area contributed by atoms with Crippen molar-refractivity contribution in [1.82, 2.24) is 19.9 Å². The number of amides is 4. The van der Waals surface area contributed by atoms with E-state index in [1.165, 1.54) is 11.5 Å². The maximum Gasteiger partial charge on any atom is 0.322 e. The molecule has 0 unspecified atom stereocenters. The molecule has 142 valence electrons. The molecule has 4 rings (SSSR count). The maximum atomic E-state index is 12.5. The Balaban J connectivity index is 1.33. The van der Waals surface area contributed by atoms with Crippen LogP contribution in [-0.4, -0.2) is 58.8 Å². The van der Waals surface area contributed by atoms with Crippen molar-refractivity contribution in [2.45, 2.75) is 25.3 Å². The Morgan fingerprint density at radius 1 is 1.22 bits per heavy atom. The van der Waals surface area contributed by atoms with Crippen molar-refractivity contribution in [3.05, 3.63) is 24.3 Å². The molecule has 9 heteroatoms. The monoisotopic (exact) mass is 387 g/mol. The molecule has 1 aromatic heterocycles. The Kier molecular flexibility index (Phi) is 4.47. The van der Waals surface area contributed by atoms with Crippen LogP contribution in [0.2, 0.25) is 0 Å². The van der Waals surface area contributed by atoms with E-state index in [-0.39, 0.29) is 18.2 Å². The van der Waals surface area contributed by atoms with Crippen LogP contribution in [0.15, 0.2) is 24.3 Å². The molecule has 0 aliphatic carbocycles. The molecule has 0 bridgehead atoms. The van der Waals surface area contributed by atoms with Gasteiger partial charge >= 0.3 is 6.03 Å². The third-order valence-corrected chi connectivity index (χ3v) is 6.06. The highest BCUT2D eigenvalue weighted by atomic mass is 32.1. The summed E-state index contributed by atoms with van der Waals surface area (Å²) in [7, 11) is 0. The van der Waals surface area contributed by atoms with E-state index < -0.39 is 11.6 Å². The second-order valence-corrected chi connectivity index (χ2v) is 7.92. The fraction of sp³-hybridized carbons (Fsp3) is 0.444. The first-order chi connectivity index (χ1) is 13.0. The number of hydrogen-bond acceptors (Lipinski definition) is 6. The highest BCUT2D eigenvalue weighted by Gasteiger charge is 2.42. The highest BCUT2D eigenvalue weighted by Crippen LogP contribution is 2.30. The molecule has 2 aliphatic heterocycles. The summed E-state index contributed by atoms with van der Waals surface area (Å²) in [5.41, 5.74) is -1.01. The van der Waals surface area contributed by atoms with E-state index in [0.717, 1.165) is 29.0 Å². The molecule has 4 amide bonds. The van der Waals surface area contributed by atoms with Gasteiger partial charge in [-0.05, 0) is 37.0 Å². The summed E-state index contributed by atoms with van der Waals surface area (Å²) in [6.45, 7) is 4.35. The molecular weight excluding hydrogens is 366 g/mol. The molecule has 2 fully saturated rings. The number of hydrogen-bond donors (Lipinski definition) is 2. The zero-order chi connectivity index (χ0) is 19.0. The van der Waals surface area contributed by atoms with Gasteiger partial charge in [-0.15, -0.1) is 0 Å². The Morgan fingerprint density at radius 2 is 1.96 bits per heavy atom. The first kappa shape index (κ1) is 17.7. The second-order valence-electron chi connectivity index (χ2n) is 7.11. The zero-order valence-corrected chi connectivity index (χ0v) is 15.8. The van der Waals surface area contributed by atoms with Gasteiger partial charge in [0.15, 0.2) is 0 Å². The van der Waals surface area contributed by atoms with E-state index in [2.05, 4.69) is 32.0 Å². The molecule has 2 aliphatic rings. The minimum atomic E-state index is -1.01. The third-order valence-electron chi connectivity index (χ3n) is 5.25. The molecule has 3 heterocycles. The fourth-order valence-electron chi connectivity index (χ4n) is 3.54. The van der Waals surface area contributed by atoms with E-state index in [1.54, 1.807) is 6.92 Å². The molecule has 0 spiro atoms. The van der Waals surface area contributed by atoms with Gasteiger partial charge in [-0.25, -0.2) is 4.79 Å². The minimum absolute atomic E-state index is 0.00737. The Bertz CT molecular complexity index is 905.